The molecule has 0 heterocycles. The first-order chi connectivity index (χ1) is 9.15. The Kier molecular flexibility index (Phi) is 5.72. The van der Waals surface area contributed by atoms with E-state index in [0.29, 0.717) is 6.04 Å². The van der Waals surface area contributed by atoms with E-state index in [1.807, 2.05) is 12.1 Å². The Bertz CT molecular complexity index is 371. The van der Waals surface area contributed by atoms with Crippen LogP contribution in [0.5, 0.6) is 0 Å². The second-order valence-electron chi connectivity index (χ2n) is 6.22. The first-order valence-corrected chi connectivity index (χ1v) is 8.01. The Morgan fingerprint density at radius 1 is 1.11 bits per heavy atom. The molecule has 1 nitrogen and oxygen atoms in total. The topological polar surface area (TPSA) is 12.0 Å². The third-order valence-electron chi connectivity index (χ3n) is 4.46. The van der Waals surface area contributed by atoms with Crippen molar-refractivity contribution >= 4 is 11.6 Å². The second kappa shape index (κ2) is 7.31. The van der Waals surface area contributed by atoms with Crippen LogP contribution in [0.3, 0.4) is 0 Å². The highest BCUT2D eigenvalue weighted by Crippen LogP contribution is 2.28. The standard InChI is InChI=1S/C17H26ClN/c1-13(2)15-4-3-5-17(11-8-15)19-12-14-6-9-16(18)10-7-14/h6-7,9-10,13,15,17,19H,3-5,8,11-12H2,1-2H3. The molecule has 1 aromatic rings. The van der Waals surface area contributed by atoms with E-state index in [1.54, 1.807) is 0 Å². The Balaban J connectivity index is 1.78. The predicted molar refractivity (Wildman–Crippen MR) is 83.5 cm³/mol. The van der Waals surface area contributed by atoms with E-state index in [0.717, 1.165) is 23.4 Å². The maximum atomic E-state index is 5.91. The van der Waals surface area contributed by atoms with Crippen LogP contribution < -0.4 is 5.32 Å². The van der Waals surface area contributed by atoms with Gasteiger partial charge in [0, 0.05) is 17.6 Å². The van der Waals surface area contributed by atoms with Gasteiger partial charge in [0.2, 0.25) is 0 Å². The molecule has 1 aliphatic rings. The molecule has 2 heteroatoms. The lowest BCUT2D eigenvalue weighted by atomic mass is 9.89. The van der Waals surface area contributed by atoms with Crippen LogP contribution in [0.2, 0.25) is 5.02 Å². The van der Waals surface area contributed by atoms with Gasteiger partial charge in [-0.25, -0.2) is 0 Å². The quantitative estimate of drug-likeness (QED) is 0.762. The molecule has 0 radical (unpaired) electrons. The molecule has 1 saturated carbocycles. The van der Waals surface area contributed by atoms with Gasteiger partial charge in [-0.05, 0) is 48.8 Å². The highest BCUT2D eigenvalue weighted by Gasteiger charge is 2.20. The molecule has 1 fully saturated rings. The SMILES string of the molecule is CC(C)C1CCCC(NCc2ccc(Cl)cc2)CC1. The van der Waals surface area contributed by atoms with Crippen LogP contribution in [0, 0.1) is 11.8 Å². The zero-order valence-corrected chi connectivity index (χ0v) is 12.9. The lowest BCUT2D eigenvalue weighted by molar-refractivity contribution is 0.337. The largest absolute Gasteiger partial charge is 0.310 e. The fourth-order valence-corrected chi connectivity index (χ4v) is 3.19. The van der Waals surface area contributed by atoms with Gasteiger partial charge in [-0.1, -0.05) is 50.4 Å². The van der Waals surface area contributed by atoms with E-state index >= 15 is 0 Å². The van der Waals surface area contributed by atoms with Crippen molar-refractivity contribution in [3.05, 3.63) is 34.9 Å². The van der Waals surface area contributed by atoms with Gasteiger partial charge >= 0.3 is 0 Å². The number of hydrogen-bond donors (Lipinski definition) is 1. The minimum Gasteiger partial charge on any atom is -0.310 e. The summed E-state index contributed by atoms with van der Waals surface area (Å²) >= 11 is 5.91. The summed E-state index contributed by atoms with van der Waals surface area (Å²) in [6.07, 6.45) is 6.83. The summed E-state index contributed by atoms with van der Waals surface area (Å²) < 4.78 is 0. The van der Waals surface area contributed by atoms with Gasteiger partial charge in [-0.15, -0.1) is 0 Å². The molecule has 0 amide bonds. The summed E-state index contributed by atoms with van der Waals surface area (Å²) in [5.74, 6) is 1.78. The minimum absolute atomic E-state index is 0.694. The number of rotatable bonds is 4. The molecule has 2 rings (SSSR count). The molecule has 2 unspecified atom stereocenters. The van der Waals surface area contributed by atoms with Crippen molar-refractivity contribution in [2.75, 3.05) is 0 Å². The average Bonchev–Trinajstić information content (AvgIpc) is 2.63. The summed E-state index contributed by atoms with van der Waals surface area (Å²) in [5, 5.41) is 4.53. The molecule has 0 aliphatic heterocycles. The van der Waals surface area contributed by atoms with Crippen molar-refractivity contribution < 1.29 is 0 Å². The third-order valence-corrected chi connectivity index (χ3v) is 4.72. The van der Waals surface area contributed by atoms with E-state index in [9.17, 15) is 0 Å². The number of halogens is 1. The average molecular weight is 280 g/mol. The van der Waals surface area contributed by atoms with Crippen LogP contribution in [-0.4, -0.2) is 6.04 Å². The Hall–Kier alpha value is -0.530. The maximum absolute atomic E-state index is 5.91. The van der Waals surface area contributed by atoms with Crippen molar-refractivity contribution in [1.29, 1.82) is 0 Å². The molecule has 0 spiro atoms. The van der Waals surface area contributed by atoms with E-state index in [-0.39, 0.29) is 0 Å². The lowest BCUT2D eigenvalue weighted by Crippen LogP contribution is -2.28. The van der Waals surface area contributed by atoms with Gasteiger partial charge in [0.25, 0.3) is 0 Å². The van der Waals surface area contributed by atoms with Crippen molar-refractivity contribution in [3.8, 4) is 0 Å². The fourth-order valence-electron chi connectivity index (χ4n) is 3.07. The predicted octanol–water partition coefficient (Wildman–Crippen LogP) is 5.03. The monoisotopic (exact) mass is 279 g/mol. The smallest absolute Gasteiger partial charge is 0.0406 e. The number of benzene rings is 1. The summed E-state index contributed by atoms with van der Waals surface area (Å²) in [7, 11) is 0. The summed E-state index contributed by atoms with van der Waals surface area (Å²) in [5.41, 5.74) is 1.33. The Morgan fingerprint density at radius 2 is 1.84 bits per heavy atom. The zero-order chi connectivity index (χ0) is 13.7. The first kappa shape index (κ1) is 14.9. The van der Waals surface area contributed by atoms with Crippen LogP contribution in [0.25, 0.3) is 0 Å². The fraction of sp³-hybridized carbons (Fsp3) is 0.647. The van der Waals surface area contributed by atoms with Crippen molar-refractivity contribution in [2.45, 2.75) is 58.5 Å². The highest BCUT2D eigenvalue weighted by atomic mass is 35.5. The van der Waals surface area contributed by atoms with Crippen LogP contribution in [0.1, 0.15) is 51.5 Å². The van der Waals surface area contributed by atoms with E-state index < -0.39 is 0 Å². The molecule has 106 valence electrons. The van der Waals surface area contributed by atoms with Crippen molar-refractivity contribution in [2.24, 2.45) is 11.8 Å². The normalized spacial score (nSPS) is 24.4. The van der Waals surface area contributed by atoms with Crippen molar-refractivity contribution in [1.82, 2.24) is 5.32 Å². The summed E-state index contributed by atoms with van der Waals surface area (Å²) in [6, 6.07) is 8.87. The van der Waals surface area contributed by atoms with Crippen LogP contribution >= 0.6 is 11.6 Å². The molecular formula is C17H26ClN. The van der Waals surface area contributed by atoms with Gasteiger partial charge in [0.05, 0.1) is 0 Å². The molecule has 0 aromatic heterocycles. The molecule has 2 atom stereocenters. The summed E-state index contributed by atoms with van der Waals surface area (Å²) in [4.78, 5) is 0. The number of nitrogens with one attached hydrogen (secondary N) is 1. The number of hydrogen-bond acceptors (Lipinski definition) is 1. The molecule has 1 N–H and O–H groups in total. The van der Waals surface area contributed by atoms with Gasteiger partial charge in [-0.3, -0.25) is 0 Å². The highest BCUT2D eigenvalue weighted by molar-refractivity contribution is 6.30. The van der Waals surface area contributed by atoms with Gasteiger partial charge < -0.3 is 5.32 Å². The van der Waals surface area contributed by atoms with Gasteiger partial charge in [-0.2, -0.15) is 0 Å². The van der Waals surface area contributed by atoms with E-state index in [1.165, 1.54) is 37.7 Å². The Morgan fingerprint density at radius 3 is 2.53 bits per heavy atom. The van der Waals surface area contributed by atoms with E-state index in [2.05, 4.69) is 31.3 Å². The van der Waals surface area contributed by atoms with E-state index in [4.69, 9.17) is 11.6 Å². The van der Waals surface area contributed by atoms with Gasteiger partial charge in [0.15, 0.2) is 0 Å². The summed E-state index contributed by atoms with van der Waals surface area (Å²) in [6.45, 7) is 5.70. The van der Waals surface area contributed by atoms with Crippen LogP contribution in [0.15, 0.2) is 24.3 Å². The first-order valence-electron chi connectivity index (χ1n) is 7.63. The molecule has 1 aromatic carbocycles. The van der Waals surface area contributed by atoms with Gasteiger partial charge in [0.1, 0.15) is 0 Å². The molecule has 0 bridgehead atoms. The lowest BCUT2D eigenvalue weighted by Gasteiger charge is -2.19. The maximum Gasteiger partial charge on any atom is 0.0406 e. The van der Waals surface area contributed by atoms with Crippen LogP contribution in [-0.2, 0) is 6.54 Å². The zero-order valence-electron chi connectivity index (χ0n) is 12.2. The third kappa shape index (κ3) is 4.81. The molecule has 0 saturated heterocycles. The molecule has 19 heavy (non-hydrogen) atoms. The second-order valence-corrected chi connectivity index (χ2v) is 6.65. The molecule has 1 aliphatic carbocycles. The molecular weight excluding hydrogens is 254 g/mol. The van der Waals surface area contributed by atoms with Crippen LogP contribution in [0.4, 0.5) is 0 Å². The minimum atomic E-state index is 0.694. The van der Waals surface area contributed by atoms with Crippen molar-refractivity contribution in [3.63, 3.8) is 0 Å². The Labute approximate surface area is 122 Å².